The summed E-state index contributed by atoms with van der Waals surface area (Å²) in [6, 6.07) is 16.1. The molecule has 2 N–H and O–H groups in total. The van der Waals surface area contributed by atoms with E-state index in [1.54, 1.807) is 6.20 Å². The third-order valence-corrected chi connectivity index (χ3v) is 3.43. The minimum atomic E-state index is -0.0727. The van der Waals surface area contributed by atoms with Crippen molar-refractivity contribution in [3.63, 3.8) is 0 Å². The van der Waals surface area contributed by atoms with Gasteiger partial charge in [0, 0.05) is 35.4 Å². The predicted octanol–water partition coefficient (Wildman–Crippen LogP) is 3.18. The van der Waals surface area contributed by atoms with E-state index in [9.17, 15) is 0 Å². The van der Waals surface area contributed by atoms with E-state index in [1.165, 1.54) is 0 Å². The average Bonchev–Trinajstić information content (AvgIpc) is 2.47. The summed E-state index contributed by atoms with van der Waals surface area (Å²) in [7, 11) is 0. The summed E-state index contributed by atoms with van der Waals surface area (Å²) in [6.45, 7) is 2.00. The van der Waals surface area contributed by atoms with Gasteiger partial charge in [-0.15, -0.1) is 0 Å². The molecule has 1 aromatic carbocycles. The molecule has 3 rings (SSSR count). The van der Waals surface area contributed by atoms with Gasteiger partial charge in [0.2, 0.25) is 0 Å². The number of aryl methyl sites for hydroxylation is 1. The van der Waals surface area contributed by atoms with Gasteiger partial charge in [-0.1, -0.05) is 24.3 Å². The van der Waals surface area contributed by atoms with Crippen molar-refractivity contribution in [1.29, 1.82) is 0 Å². The number of fused-ring (bicyclic) bond motifs is 1. The van der Waals surface area contributed by atoms with Gasteiger partial charge in [0.15, 0.2) is 0 Å². The zero-order valence-electron chi connectivity index (χ0n) is 11.5. The third kappa shape index (κ3) is 2.53. The fraction of sp³-hybridized carbons (Fsp3) is 0.176. The van der Waals surface area contributed by atoms with E-state index < -0.39 is 0 Å². The van der Waals surface area contributed by atoms with Gasteiger partial charge in [-0.25, -0.2) is 0 Å². The number of nitrogens with zero attached hydrogens (tertiary/aromatic N) is 2. The summed E-state index contributed by atoms with van der Waals surface area (Å²) in [5, 5.41) is 1.13. The molecule has 3 heteroatoms. The largest absolute Gasteiger partial charge is 0.324 e. The first-order chi connectivity index (χ1) is 9.74. The normalized spacial score (nSPS) is 12.5. The third-order valence-electron chi connectivity index (χ3n) is 3.43. The standard InChI is InChI=1S/C17H17N3/c1-12-10-15(14-7-2-3-8-17(14)20-12)16(18)11-13-6-4-5-9-19-13/h2-10,16H,11,18H2,1H3. The van der Waals surface area contributed by atoms with Crippen LogP contribution in [0.15, 0.2) is 54.7 Å². The zero-order chi connectivity index (χ0) is 13.9. The molecule has 0 aliphatic heterocycles. The minimum absolute atomic E-state index is 0.0727. The summed E-state index contributed by atoms with van der Waals surface area (Å²) in [5.74, 6) is 0. The Morgan fingerprint density at radius 1 is 1.10 bits per heavy atom. The Morgan fingerprint density at radius 2 is 1.90 bits per heavy atom. The lowest BCUT2D eigenvalue weighted by Gasteiger charge is -2.15. The molecule has 2 aromatic heterocycles. The van der Waals surface area contributed by atoms with Crippen LogP contribution < -0.4 is 5.73 Å². The van der Waals surface area contributed by atoms with E-state index in [4.69, 9.17) is 5.73 Å². The molecule has 20 heavy (non-hydrogen) atoms. The molecule has 3 nitrogen and oxygen atoms in total. The lowest BCUT2D eigenvalue weighted by molar-refractivity contribution is 0.710. The van der Waals surface area contributed by atoms with Gasteiger partial charge in [0.25, 0.3) is 0 Å². The van der Waals surface area contributed by atoms with Crippen molar-refractivity contribution >= 4 is 10.9 Å². The Bertz CT molecular complexity index is 723. The molecule has 2 heterocycles. The second kappa shape index (κ2) is 5.39. The number of rotatable bonds is 3. The van der Waals surface area contributed by atoms with Crippen LogP contribution in [-0.2, 0) is 6.42 Å². The van der Waals surface area contributed by atoms with Crippen LogP contribution >= 0.6 is 0 Å². The lowest BCUT2D eigenvalue weighted by Crippen LogP contribution is -2.15. The molecule has 0 aliphatic carbocycles. The zero-order valence-corrected chi connectivity index (χ0v) is 11.5. The highest BCUT2D eigenvalue weighted by Crippen LogP contribution is 2.24. The molecule has 1 atom stereocenters. The Balaban J connectivity index is 2.01. The SMILES string of the molecule is Cc1cc(C(N)Cc2ccccn2)c2ccccc2n1. The molecule has 0 spiro atoms. The van der Waals surface area contributed by atoms with Gasteiger partial charge in [0.1, 0.15) is 0 Å². The van der Waals surface area contributed by atoms with Crippen LogP contribution in [0.4, 0.5) is 0 Å². The number of pyridine rings is 2. The molecule has 3 aromatic rings. The van der Waals surface area contributed by atoms with Crippen LogP contribution in [0.2, 0.25) is 0 Å². The van der Waals surface area contributed by atoms with Crippen molar-refractivity contribution in [2.45, 2.75) is 19.4 Å². The highest BCUT2D eigenvalue weighted by Gasteiger charge is 2.12. The van der Waals surface area contributed by atoms with Gasteiger partial charge >= 0.3 is 0 Å². The average molecular weight is 263 g/mol. The Kier molecular flexibility index (Phi) is 3.44. The van der Waals surface area contributed by atoms with Gasteiger partial charge in [0.05, 0.1) is 5.52 Å². The van der Waals surface area contributed by atoms with E-state index in [1.807, 2.05) is 43.3 Å². The number of para-hydroxylation sites is 1. The molecule has 0 saturated heterocycles. The molecule has 0 aliphatic rings. The molecular weight excluding hydrogens is 246 g/mol. The maximum Gasteiger partial charge on any atom is 0.0708 e. The highest BCUT2D eigenvalue weighted by molar-refractivity contribution is 5.82. The first kappa shape index (κ1) is 12.8. The molecule has 0 amide bonds. The fourth-order valence-electron chi connectivity index (χ4n) is 2.50. The monoisotopic (exact) mass is 263 g/mol. The van der Waals surface area contributed by atoms with E-state index in [2.05, 4.69) is 22.1 Å². The van der Waals surface area contributed by atoms with Gasteiger partial charge in [-0.2, -0.15) is 0 Å². The van der Waals surface area contributed by atoms with Crippen molar-refractivity contribution in [1.82, 2.24) is 9.97 Å². The van der Waals surface area contributed by atoms with Crippen molar-refractivity contribution < 1.29 is 0 Å². The molecule has 0 saturated carbocycles. The molecule has 100 valence electrons. The van der Waals surface area contributed by atoms with Gasteiger partial charge in [-0.05, 0) is 36.8 Å². The van der Waals surface area contributed by atoms with Crippen molar-refractivity contribution in [2.24, 2.45) is 5.73 Å². The van der Waals surface area contributed by atoms with Crippen LogP contribution in [0, 0.1) is 6.92 Å². The summed E-state index contributed by atoms with van der Waals surface area (Å²) in [4.78, 5) is 8.91. The number of hydrogen-bond donors (Lipinski definition) is 1. The van der Waals surface area contributed by atoms with E-state index >= 15 is 0 Å². The molecule has 1 unspecified atom stereocenters. The highest BCUT2D eigenvalue weighted by atomic mass is 14.7. The smallest absolute Gasteiger partial charge is 0.0708 e. The summed E-state index contributed by atoms with van der Waals surface area (Å²) in [5.41, 5.74) is 10.5. The second-order valence-electron chi connectivity index (χ2n) is 5.00. The van der Waals surface area contributed by atoms with Crippen molar-refractivity contribution in [3.05, 3.63) is 71.7 Å². The molecule has 0 bridgehead atoms. The Hall–Kier alpha value is -2.26. The fourth-order valence-corrected chi connectivity index (χ4v) is 2.50. The van der Waals surface area contributed by atoms with Crippen LogP contribution in [0.3, 0.4) is 0 Å². The van der Waals surface area contributed by atoms with Crippen molar-refractivity contribution in [2.75, 3.05) is 0 Å². The van der Waals surface area contributed by atoms with E-state index in [-0.39, 0.29) is 6.04 Å². The van der Waals surface area contributed by atoms with Crippen LogP contribution in [-0.4, -0.2) is 9.97 Å². The minimum Gasteiger partial charge on any atom is -0.324 e. The maximum atomic E-state index is 6.39. The number of aromatic nitrogens is 2. The summed E-state index contributed by atoms with van der Waals surface area (Å²) < 4.78 is 0. The summed E-state index contributed by atoms with van der Waals surface area (Å²) >= 11 is 0. The number of nitrogens with two attached hydrogens (primary N) is 1. The first-order valence-corrected chi connectivity index (χ1v) is 6.76. The van der Waals surface area contributed by atoms with Gasteiger partial charge < -0.3 is 5.73 Å². The van der Waals surface area contributed by atoms with Gasteiger partial charge in [-0.3, -0.25) is 9.97 Å². The number of benzene rings is 1. The molecule has 0 fully saturated rings. The number of hydrogen-bond acceptors (Lipinski definition) is 3. The first-order valence-electron chi connectivity index (χ1n) is 6.76. The Labute approximate surface area is 118 Å². The van der Waals surface area contributed by atoms with Crippen molar-refractivity contribution in [3.8, 4) is 0 Å². The molecule has 0 radical (unpaired) electrons. The van der Waals surface area contributed by atoms with Crippen LogP contribution in [0.25, 0.3) is 10.9 Å². The van der Waals surface area contributed by atoms with E-state index in [0.717, 1.165) is 34.3 Å². The second-order valence-corrected chi connectivity index (χ2v) is 5.00. The lowest BCUT2D eigenvalue weighted by atomic mass is 9.98. The quantitative estimate of drug-likeness (QED) is 0.789. The molecular formula is C17H17N3. The maximum absolute atomic E-state index is 6.39. The predicted molar refractivity (Wildman–Crippen MR) is 81.3 cm³/mol. The topological polar surface area (TPSA) is 51.8 Å². The summed E-state index contributed by atoms with van der Waals surface area (Å²) in [6.07, 6.45) is 2.53. The van der Waals surface area contributed by atoms with Crippen LogP contribution in [0.1, 0.15) is 23.0 Å². The van der Waals surface area contributed by atoms with Crippen LogP contribution in [0.5, 0.6) is 0 Å². The Morgan fingerprint density at radius 3 is 2.70 bits per heavy atom. The van der Waals surface area contributed by atoms with E-state index in [0.29, 0.717) is 0 Å².